The van der Waals surface area contributed by atoms with Crippen LogP contribution in [0.15, 0.2) is 35.8 Å². The van der Waals surface area contributed by atoms with Gasteiger partial charge in [-0.15, -0.1) is 11.3 Å². The highest BCUT2D eigenvalue weighted by Crippen LogP contribution is 2.23. The van der Waals surface area contributed by atoms with E-state index < -0.39 is 0 Å². The van der Waals surface area contributed by atoms with Gasteiger partial charge in [-0.05, 0) is 68.2 Å². The molecule has 0 saturated carbocycles. The molecule has 2 aromatic heterocycles. The van der Waals surface area contributed by atoms with E-state index in [0.29, 0.717) is 18.4 Å². The van der Waals surface area contributed by atoms with Crippen molar-refractivity contribution >= 4 is 17.2 Å². The van der Waals surface area contributed by atoms with E-state index in [0.717, 1.165) is 44.3 Å². The Labute approximate surface area is 142 Å². The van der Waals surface area contributed by atoms with Gasteiger partial charge in [0.25, 0.3) is 0 Å². The number of pyridine rings is 1. The van der Waals surface area contributed by atoms with Crippen LogP contribution in [-0.2, 0) is 17.6 Å². The summed E-state index contributed by atoms with van der Waals surface area (Å²) < 4.78 is 0. The highest BCUT2D eigenvalue weighted by Gasteiger charge is 2.27. The van der Waals surface area contributed by atoms with Crippen molar-refractivity contribution in [2.24, 2.45) is 0 Å². The molecule has 122 valence electrons. The first-order valence-electron chi connectivity index (χ1n) is 8.46. The van der Waals surface area contributed by atoms with Gasteiger partial charge in [-0.3, -0.25) is 9.78 Å². The third-order valence-electron chi connectivity index (χ3n) is 4.59. The molecule has 3 nitrogen and oxygen atoms in total. The Morgan fingerprint density at radius 1 is 1.39 bits per heavy atom. The number of aryl methyl sites for hydroxylation is 3. The molecule has 4 heteroatoms. The Morgan fingerprint density at radius 3 is 3.09 bits per heavy atom. The summed E-state index contributed by atoms with van der Waals surface area (Å²) in [6.07, 6.45) is 7.79. The maximum absolute atomic E-state index is 12.5. The van der Waals surface area contributed by atoms with Crippen LogP contribution in [0, 0.1) is 6.92 Å². The molecule has 0 radical (unpaired) electrons. The van der Waals surface area contributed by atoms with Crippen molar-refractivity contribution < 1.29 is 4.79 Å². The number of aromatic nitrogens is 1. The van der Waals surface area contributed by atoms with Crippen molar-refractivity contribution in [2.75, 3.05) is 6.54 Å². The second kappa shape index (κ2) is 7.73. The molecule has 23 heavy (non-hydrogen) atoms. The molecule has 0 aliphatic carbocycles. The van der Waals surface area contributed by atoms with E-state index in [1.165, 1.54) is 10.4 Å². The fourth-order valence-corrected chi connectivity index (χ4v) is 4.09. The third kappa shape index (κ3) is 4.41. The highest BCUT2D eigenvalue weighted by atomic mass is 32.1. The Kier molecular flexibility index (Phi) is 5.44. The summed E-state index contributed by atoms with van der Waals surface area (Å²) in [7, 11) is 0. The maximum Gasteiger partial charge on any atom is 0.223 e. The minimum Gasteiger partial charge on any atom is -0.340 e. The largest absolute Gasteiger partial charge is 0.340 e. The van der Waals surface area contributed by atoms with Gasteiger partial charge in [-0.25, -0.2) is 0 Å². The van der Waals surface area contributed by atoms with Crippen LogP contribution in [0.2, 0.25) is 0 Å². The van der Waals surface area contributed by atoms with Crippen LogP contribution in [0.25, 0.3) is 0 Å². The summed E-state index contributed by atoms with van der Waals surface area (Å²) in [5, 5.41) is 2.08. The standard InChI is InChI=1S/C19H24N2OS/c1-15-14-16(10-11-20-15)6-7-17-4-2-12-21(17)19(22)9-8-18-5-3-13-23-18/h3,5,10-11,13-14,17H,2,4,6-9,12H2,1H3. The van der Waals surface area contributed by atoms with Gasteiger partial charge in [0.2, 0.25) is 5.91 Å². The molecule has 1 unspecified atom stereocenters. The molecule has 0 bridgehead atoms. The van der Waals surface area contributed by atoms with Crippen LogP contribution in [0.5, 0.6) is 0 Å². The normalized spacial score (nSPS) is 17.6. The predicted molar refractivity (Wildman–Crippen MR) is 94.7 cm³/mol. The summed E-state index contributed by atoms with van der Waals surface area (Å²) in [5.74, 6) is 0.326. The second-order valence-corrected chi connectivity index (χ2v) is 7.34. The average Bonchev–Trinajstić information content (AvgIpc) is 3.22. The van der Waals surface area contributed by atoms with Crippen LogP contribution >= 0.6 is 11.3 Å². The van der Waals surface area contributed by atoms with Crippen LogP contribution < -0.4 is 0 Å². The van der Waals surface area contributed by atoms with Crippen molar-refractivity contribution in [1.82, 2.24) is 9.88 Å². The first kappa shape index (κ1) is 16.2. The molecular weight excluding hydrogens is 304 g/mol. The maximum atomic E-state index is 12.5. The number of rotatable bonds is 6. The summed E-state index contributed by atoms with van der Waals surface area (Å²) in [5.41, 5.74) is 2.40. The smallest absolute Gasteiger partial charge is 0.223 e. The van der Waals surface area contributed by atoms with Crippen molar-refractivity contribution in [3.05, 3.63) is 52.0 Å². The first-order valence-corrected chi connectivity index (χ1v) is 9.34. The minimum absolute atomic E-state index is 0.326. The van der Waals surface area contributed by atoms with Gasteiger partial charge in [0.15, 0.2) is 0 Å². The van der Waals surface area contributed by atoms with Gasteiger partial charge in [0.05, 0.1) is 0 Å². The fourth-order valence-electron chi connectivity index (χ4n) is 3.39. The predicted octanol–water partition coefficient (Wildman–Crippen LogP) is 4.01. The Morgan fingerprint density at radius 2 is 2.30 bits per heavy atom. The number of thiophene rings is 1. The van der Waals surface area contributed by atoms with Crippen molar-refractivity contribution in [3.63, 3.8) is 0 Å². The summed E-state index contributed by atoms with van der Waals surface area (Å²) in [6, 6.07) is 8.83. The monoisotopic (exact) mass is 328 g/mol. The lowest BCUT2D eigenvalue weighted by Gasteiger charge is -2.25. The average molecular weight is 328 g/mol. The zero-order chi connectivity index (χ0) is 16.1. The number of carbonyl (C=O) groups is 1. The van der Waals surface area contributed by atoms with Crippen LogP contribution in [-0.4, -0.2) is 28.4 Å². The molecule has 1 saturated heterocycles. The number of likely N-dealkylation sites (tertiary alicyclic amines) is 1. The van der Waals surface area contributed by atoms with Gasteiger partial charge in [-0.2, -0.15) is 0 Å². The van der Waals surface area contributed by atoms with E-state index in [1.54, 1.807) is 11.3 Å². The fraction of sp³-hybridized carbons (Fsp3) is 0.474. The van der Waals surface area contributed by atoms with Crippen molar-refractivity contribution in [3.8, 4) is 0 Å². The Hall–Kier alpha value is -1.68. The zero-order valence-electron chi connectivity index (χ0n) is 13.7. The lowest BCUT2D eigenvalue weighted by Crippen LogP contribution is -2.35. The third-order valence-corrected chi connectivity index (χ3v) is 5.53. The Balaban J connectivity index is 1.51. The lowest BCUT2D eigenvalue weighted by atomic mass is 10.0. The number of hydrogen-bond acceptors (Lipinski definition) is 3. The van der Waals surface area contributed by atoms with E-state index in [1.807, 2.05) is 13.1 Å². The number of carbonyl (C=O) groups excluding carboxylic acids is 1. The van der Waals surface area contributed by atoms with Crippen LogP contribution in [0.1, 0.15) is 41.8 Å². The zero-order valence-corrected chi connectivity index (χ0v) is 14.5. The number of nitrogens with zero attached hydrogens (tertiary/aromatic N) is 2. The van der Waals surface area contributed by atoms with Gasteiger partial charge < -0.3 is 4.90 Å². The topological polar surface area (TPSA) is 33.2 Å². The van der Waals surface area contributed by atoms with E-state index in [2.05, 4.69) is 39.5 Å². The summed E-state index contributed by atoms with van der Waals surface area (Å²) >= 11 is 1.74. The van der Waals surface area contributed by atoms with Gasteiger partial charge in [0, 0.05) is 35.8 Å². The summed E-state index contributed by atoms with van der Waals surface area (Å²) in [6.45, 7) is 2.96. The van der Waals surface area contributed by atoms with Gasteiger partial charge >= 0.3 is 0 Å². The molecule has 1 amide bonds. The number of hydrogen-bond donors (Lipinski definition) is 0. The van der Waals surface area contributed by atoms with Gasteiger partial charge in [0.1, 0.15) is 0 Å². The van der Waals surface area contributed by atoms with E-state index in [-0.39, 0.29) is 0 Å². The molecule has 0 aromatic carbocycles. The molecule has 1 atom stereocenters. The molecule has 1 fully saturated rings. The van der Waals surface area contributed by atoms with Crippen LogP contribution in [0.3, 0.4) is 0 Å². The molecular formula is C19H24N2OS. The SMILES string of the molecule is Cc1cc(CCC2CCCN2C(=O)CCc2cccs2)ccn1. The van der Waals surface area contributed by atoms with Crippen LogP contribution in [0.4, 0.5) is 0 Å². The lowest BCUT2D eigenvalue weighted by molar-refractivity contribution is -0.132. The second-order valence-electron chi connectivity index (χ2n) is 6.31. The van der Waals surface area contributed by atoms with E-state index >= 15 is 0 Å². The van der Waals surface area contributed by atoms with E-state index in [9.17, 15) is 4.79 Å². The number of amides is 1. The molecule has 1 aliphatic rings. The molecule has 3 rings (SSSR count). The molecule has 3 heterocycles. The quantitative estimate of drug-likeness (QED) is 0.803. The van der Waals surface area contributed by atoms with E-state index in [4.69, 9.17) is 0 Å². The summed E-state index contributed by atoms with van der Waals surface area (Å²) in [4.78, 5) is 20.2. The molecule has 0 N–H and O–H groups in total. The molecule has 0 spiro atoms. The first-order chi connectivity index (χ1) is 11.2. The van der Waals surface area contributed by atoms with Gasteiger partial charge in [-0.1, -0.05) is 6.07 Å². The van der Waals surface area contributed by atoms with Crippen molar-refractivity contribution in [1.29, 1.82) is 0 Å². The highest BCUT2D eigenvalue weighted by molar-refractivity contribution is 7.09. The Bertz CT molecular complexity index is 639. The van der Waals surface area contributed by atoms with Crippen molar-refractivity contribution in [2.45, 2.75) is 51.5 Å². The molecule has 1 aliphatic heterocycles. The minimum atomic E-state index is 0.326. The molecule has 2 aromatic rings.